The number of nitrogens with one attached hydrogen (secondary N) is 2. The van der Waals surface area contributed by atoms with E-state index in [0.717, 1.165) is 18.4 Å². The molecule has 1 aliphatic rings. The molecule has 5 heteroatoms. The summed E-state index contributed by atoms with van der Waals surface area (Å²) in [5.74, 6) is -0.453. The van der Waals surface area contributed by atoms with Crippen LogP contribution in [0.1, 0.15) is 49.3 Å². The molecule has 0 aromatic heterocycles. The Morgan fingerprint density at radius 2 is 1.71 bits per heavy atom. The van der Waals surface area contributed by atoms with Gasteiger partial charge in [0.15, 0.2) is 0 Å². The summed E-state index contributed by atoms with van der Waals surface area (Å²) in [4.78, 5) is 24.6. The molecule has 1 fully saturated rings. The van der Waals surface area contributed by atoms with E-state index in [1.165, 1.54) is 31.4 Å². The fourth-order valence-corrected chi connectivity index (χ4v) is 3.90. The predicted molar refractivity (Wildman–Crippen MR) is 107 cm³/mol. The van der Waals surface area contributed by atoms with Crippen LogP contribution in [0.3, 0.4) is 0 Å². The Bertz CT molecular complexity index is 788. The standard InChI is InChI=1S/C23H27FN2O2/c24-20-13-7-8-17(14-20)15-21(27)25-16-22(28)26-23(18-9-3-1-4-10-18)19-11-5-2-6-12-19/h1,3-4,7-10,13-14,19,23H,2,5-6,11-12,15-16H2,(H,25,27)(H,26,28). The van der Waals surface area contributed by atoms with Gasteiger partial charge in [0.25, 0.3) is 0 Å². The fraction of sp³-hybridized carbons (Fsp3) is 0.391. The second kappa shape index (κ2) is 10.0. The van der Waals surface area contributed by atoms with Crippen LogP contribution >= 0.6 is 0 Å². The monoisotopic (exact) mass is 382 g/mol. The van der Waals surface area contributed by atoms with E-state index in [0.29, 0.717) is 11.5 Å². The van der Waals surface area contributed by atoms with Crippen LogP contribution < -0.4 is 10.6 Å². The minimum atomic E-state index is -0.374. The van der Waals surface area contributed by atoms with Gasteiger partial charge in [0.1, 0.15) is 5.82 Å². The summed E-state index contributed by atoms with van der Waals surface area (Å²) in [7, 11) is 0. The number of carbonyl (C=O) groups excluding carboxylic acids is 2. The molecule has 3 rings (SSSR count). The first-order valence-corrected chi connectivity index (χ1v) is 9.97. The first-order chi connectivity index (χ1) is 13.6. The molecule has 0 saturated heterocycles. The van der Waals surface area contributed by atoms with E-state index in [-0.39, 0.29) is 36.6 Å². The number of rotatable bonds is 7. The minimum absolute atomic E-state index is 0.0332. The number of hydrogen-bond acceptors (Lipinski definition) is 2. The van der Waals surface area contributed by atoms with E-state index in [4.69, 9.17) is 0 Å². The van der Waals surface area contributed by atoms with Crippen LogP contribution in [0.5, 0.6) is 0 Å². The average Bonchev–Trinajstić information content (AvgIpc) is 2.72. The van der Waals surface area contributed by atoms with Crippen molar-refractivity contribution in [1.29, 1.82) is 0 Å². The molecule has 0 bridgehead atoms. The molecule has 1 atom stereocenters. The summed E-state index contributed by atoms with van der Waals surface area (Å²) in [5.41, 5.74) is 1.69. The molecule has 28 heavy (non-hydrogen) atoms. The van der Waals surface area contributed by atoms with Crippen molar-refractivity contribution in [2.24, 2.45) is 5.92 Å². The topological polar surface area (TPSA) is 58.2 Å². The van der Waals surface area contributed by atoms with Gasteiger partial charge >= 0.3 is 0 Å². The van der Waals surface area contributed by atoms with Crippen molar-refractivity contribution in [1.82, 2.24) is 10.6 Å². The Morgan fingerprint density at radius 1 is 0.964 bits per heavy atom. The lowest BCUT2D eigenvalue weighted by Gasteiger charge is -2.31. The van der Waals surface area contributed by atoms with Crippen molar-refractivity contribution in [2.75, 3.05) is 6.54 Å². The minimum Gasteiger partial charge on any atom is -0.347 e. The van der Waals surface area contributed by atoms with E-state index in [1.807, 2.05) is 30.3 Å². The Balaban J connectivity index is 1.55. The second-order valence-corrected chi connectivity index (χ2v) is 7.44. The van der Waals surface area contributed by atoms with Crippen molar-refractivity contribution in [2.45, 2.75) is 44.6 Å². The smallest absolute Gasteiger partial charge is 0.239 e. The van der Waals surface area contributed by atoms with Gasteiger partial charge in [-0.05, 0) is 42.0 Å². The zero-order chi connectivity index (χ0) is 19.8. The van der Waals surface area contributed by atoms with Crippen LogP contribution in [0, 0.1) is 11.7 Å². The molecule has 2 aromatic rings. The lowest BCUT2D eigenvalue weighted by atomic mass is 9.81. The number of hydrogen-bond donors (Lipinski definition) is 2. The molecular weight excluding hydrogens is 355 g/mol. The second-order valence-electron chi connectivity index (χ2n) is 7.44. The summed E-state index contributed by atoms with van der Waals surface area (Å²) in [6.07, 6.45) is 5.89. The third kappa shape index (κ3) is 5.91. The maximum absolute atomic E-state index is 13.2. The van der Waals surface area contributed by atoms with Gasteiger partial charge in [0.05, 0.1) is 19.0 Å². The SMILES string of the molecule is O=C(Cc1cccc(F)c1)NCC(=O)NC(c1ccccc1)C1CCCCC1. The van der Waals surface area contributed by atoms with E-state index in [1.54, 1.807) is 12.1 Å². The molecule has 2 amide bonds. The highest BCUT2D eigenvalue weighted by Gasteiger charge is 2.26. The summed E-state index contributed by atoms with van der Waals surface area (Å²) in [6, 6.07) is 15.9. The van der Waals surface area contributed by atoms with Crippen molar-refractivity contribution in [3.8, 4) is 0 Å². The lowest BCUT2D eigenvalue weighted by molar-refractivity contribution is -0.126. The maximum atomic E-state index is 13.2. The van der Waals surface area contributed by atoms with E-state index in [9.17, 15) is 14.0 Å². The maximum Gasteiger partial charge on any atom is 0.239 e. The van der Waals surface area contributed by atoms with E-state index in [2.05, 4.69) is 10.6 Å². The highest BCUT2D eigenvalue weighted by molar-refractivity contribution is 5.85. The van der Waals surface area contributed by atoms with Crippen LogP contribution in [0.4, 0.5) is 4.39 Å². The molecular formula is C23H27FN2O2. The number of halogens is 1. The molecule has 148 valence electrons. The average molecular weight is 382 g/mol. The van der Waals surface area contributed by atoms with Crippen LogP contribution in [-0.4, -0.2) is 18.4 Å². The Kier molecular flexibility index (Phi) is 7.18. The van der Waals surface area contributed by atoms with Crippen LogP contribution in [-0.2, 0) is 16.0 Å². The Labute approximate surface area is 165 Å². The molecule has 4 nitrogen and oxygen atoms in total. The molecule has 0 radical (unpaired) electrons. The lowest BCUT2D eigenvalue weighted by Crippen LogP contribution is -2.41. The fourth-order valence-electron chi connectivity index (χ4n) is 3.90. The molecule has 2 aromatic carbocycles. The van der Waals surface area contributed by atoms with Gasteiger partial charge in [-0.25, -0.2) is 4.39 Å². The van der Waals surface area contributed by atoms with Crippen molar-refractivity contribution in [3.05, 3.63) is 71.5 Å². The highest BCUT2D eigenvalue weighted by Crippen LogP contribution is 2.34. The third-order valence-corrected chi connectivity index (χ3v) is 5.30. The van der Waals surface area contributed by atoms with Crippen LogP contribution in [0.15, 0.2) is 54.6 Å². The molecule has 0 aliphatic heterocycles. The number of benzene rings is 2. The van der Waals surface area contributed by atoms with Gasteiger partial charge in [-0.2, -0.15) is 0 Å². The summed E-state index contributed by atoms with van der Waals surface area (Å²) in [6.45, 7) is -0.0792. The van der Waals surface area contributed by atoms with Gasteiger partial charge < -0.3 is 10.6 Å². The molecule has 2 N–H and O–H groups in total. The summed E-state index contributed by atoms with van der Waals surface area (Å²) < 4.78 is 13.2. The quantitative estimate of drug-likeness (QED) is 0.762. The number of amides is 2. The summed E-state index contributed by atoms with van der Waals surface area (Å²) in [5, 5.41) is 5.75. The molecule has 1 aliphatic carbocycles. The van der Waals surface area contributed by atoms with E-state index >= 15 is 0 Å². The van der Waals surface area contributed by atoms with Crippen LogP contribution in [0.2, 0.25) is 0 Å². The van der Waals surface area contributed by atoms with Gasteiger partial charge in [-0.15, -0.1) is 0 Å². The van der Waals surface area contributed by atoms with Crippen molar-refractivity contribution in [3.63, 3.8) is 0 Å². The number of carbonyl (C=O) groups is 2. The largest absolute Gasteiger partial charge is 0.347 e. The van der Waals surface area contributed by atoms with Crippen LogP contribution in [0.25, 0.3) is 0 Å². The first-order valence-electron chi connectivity index (χ1n) is 9.97. The molecule has 0 heterocycles. The Hall–Kier alpha value is -2.69. The zero-order valence-corrected chi connectivity index (χ0v) is 16.0. The highest BCUT2D eigenvalue weighted by atomic mass is 19.1. The third-order valence-electron chi connectivity index (χ3n) is 5.30. The van der Waals surface area contributed by atoms with Gasteiger partial charge in [0.2, 0.25) is 11.8 Å². The van der Waals surface area contributed by atoms with Gasteiger partial charge in [-0.3, -0.25) is 9.59 Å². The first kappa shape index (κ1) is 20.1. The molecule has 1 saturated carbocycles. The van der Waals surface area contributed by atoms with E-state index < -0.39 is 0 Å². The molecule has 0 spiro atoms. The zero-order valence-electron chi connectivity index (χ0n) is 16.0. The van der Waals surface area contributed by atoms with Crippen molar-refractivity contribution >= 4 is 11.8 Å². The normalized spacial score (nSPS) is 15.6. The summed E-state index contributed by atoms with van der Waals surface area (Å²) >= 11 is 0. The predicted octanol–water partition coefficient (Wildman–Crippen LogP) is 3.92. The van der Waals surface area contributed by atoms with Crippen molar-refractivity contribution < 1.29 is 14.0 Å². The Morgan fingerprint density at radius 3 is 2.43 bits per heavy atom. The van der Waals surface area contributed by atoms with Gasteiger partial charge in [0, 0.05) is 0 Å². The molecule has 1 unspecified atom stereocenters. The van der Waals surface area contributed by atoms with Gasteiger partial charge in [-0.1, -0.05) is 61.7 Å².